The van der Waals surface area contributed by atoms with Crippen molar-refractivity contribution in [1.82, 2.24) is 25.0 Å². The van der Waals surface area contributed by atoms with Gasteiger partial charge in [0.2, 0.25) is 5.91 Å². The molecule has 3 rings (SSSR count). The lowest BCUT2D eigenvalue weighted by molar-refractivity contribution is -0.147. The largest absolute Gasteiger partial charge is 0.375 e. The third kappa shape index (κ3) is 3.70. The molecule has 23 heavy (non-hydrogen) atoms. The predicted octanol–water partition coefficient (Wildman–Crippen LogP) is -0.501. The number of nitrogens with one attached hydrogen (secondary N) is 1. The van der Waals surface area contributed by atoms with E-state index in [0.717, 1.165) is 11.6 Å². The number of nitrogens with zero attached hydrogens (tertiary/aromatic N) is 4. The van der Waals surface area contributed by atoms with Gasteiger partial charge in [-0.2, -0.15) is 5.10 Å². The number of amides is 1. The van der Waals surface area contributed by atoms with Gasteiger partial charge in [-0.3, -0.25) is 4.79 Å². The monoisotopic (exact) mass is 323 g/mol. The van der Waals surface area contributed by atoms with Crippen LogP contribution in [0, 0.1) is 13.8 Å². The first-order valence-corrected chi connectivity index (χ1v) is 8.18. The van der Waals surface area contributed by atoms with E-state index in [1.165, 1.54) is 0 Å². The van der Waals surface area contributed by atoms with Crippen LogP contribution in [0.1, 0.15) is 18.6 Å². The minimum absolute atomic E-state index is 0.0627. The fourth-order valence-electron chi connectivity index (χ4n) is 3.16. The molecule has 3 atom stereocenters. The van der Waals surface area contributed by atoms with Crippen LogP contribution < -0.4 is 5.32 Å². The number of aryl methyl sites for hydroxylation is 2. The van der Waals surface area contributed by atoms with Crippen LogP contribution in [-0.4, -0.2) is 76.7 Å². The quantitative estimate of drug-likeness (QED) is 0.808. The van der Waals surface area contributed by atoms with Gasteiger partial charge >= 0.3 is 0 Å². The van der Waals surface area contributed by atoms with Crippen molar-refractivity contribution in [2.45, 2.75) is 45.6 Å². The van der Waals surface area contributed by atoms with Crippen LogP contribution >= 0.6 is 0 Å². The average Bonchev–Trinajstić information content (AvgIpc) is 2.85. The summed E-state index contributed by atoms with van der Waals surface area (Å²) in [6.07, 6.45) is -0.162. The van der Waals surface area contributed by atoms with Gasteiger partial charge in [-0.15, -0.1) is 0 Å². The van der Waals surface area contributed by atoms with Crippen LogP contribution in [0.25, 0.3) is 0 Å². The fourth-order valence-corrected chi connectivity index (χ4v) is 3.16. The van der Waals surface area contributed by atoms with E-state index < -0.39 is 0 Å². The molecule has 0 radical (unpaired) electrons. The first-order chi connectivity index (χ1) is 11.0. The fraction of sp³-hybridized carbons (Fsp3) is 0.800. The van der Waals surface area contributed by atoms with Gasteiger partial charge in [-0.25, -0.2) is 9.67 Å². The Morgan fingerprint density at radius 1 is 1.35 bits per heavy atom. The van der Waals surface area contributed by atoms with Gasteiger partial charge < -0.3 is 19.7 Å². The second-order valence-electron chi connectivity index (χ2n) is 6.17. The minimum atomic E-state index is -0.266. The number of morpholine rings is 2. The molecule has 8 heteroatoms. The third-order valence-corrected chi connectivity index (χ3v) is 4.37. The molecule has 128 valence electrons. The van der Waals surface area contributed by atoms with Crippen molar-refractivity contribution in [3.8, 4) is 0 Å². The zero-order valence-corrected chi connectivity index (χ0v) is 14.0. The molecule has 1 aromatic rings. The van der Waals surface area contributed by atoms with Gasteiger partial charge in [0.1, 0.15) is 17.7 Å². The lowest BCUT2D eigenvalue weighted by atomic mass is 10.1. The molecule has 0 aromatic carbocycles. The standard InChI is InChI=1S/C15H25N5O3/c1-10-14(16-4-6-22-10)15(21)19-5-7-23-13(8-19)9-20-12(3)17-11(2)18-20/h10,13-14,16H,4-9H2,1-3H3/t10-,13?,14+/m1/s1. The third-order valence-electron chi connectivity index (χ3n) is 4.37. The van der Waals surface area contributed by atoms with Crippen LogP contribution in [0.4, 0.5) is 0 Å². The number of carbonyl (C=O) groups is 1. The zero-order chi connectivity index (χ0) is 16.4. The highest BCUT2D eigenvalue weighted by atomic mass is 16.5. The second kappa shape index (κ2) is 6.94. The van der Waals surface area contributed by atoms with E-state index in [-0.39, 0.29) is 24.2 Å². The molecule has 0 bridgehead atoms. The summed E-state index contributed by atoms with van der Waals surface area (Å²) in [4.78, 5) is 18.9. The SMILES string of the molecule is Cc1nc(C)n(CC2CN(C(=O)[C@H]3NCCO[C@@H]3C)CCO2)n1. The van der Waals surface area contributed by atoms with Crippen molar-refractivity contribution < 1.29 is 14.3 Å². The molecule has 8 nitrogen and oxygen atoms in total. The minimum Gasteiger partial charge on any atom is -0.375 e. The molecule has 2 saturated heterocycles. The molecule has 1 aromatic heterocycles. The number of ether oxygens (including phenoxy) is 2. The Bertz CT molecular complexity index is 561. The Hall–Kier alpha value is -1.51. The summed E-state index contributed by atoms with van der Waals surface area (Å²) < 4.78 is 13.2. The van der Waals surface area contributed by atoms with E-state index in [2.05, 4.69) is 15.4 Å². The summed E-state index contributed by atoms with van der Waals surface area (Å²) in [6, 6.07) is -0.266. The second-order valence-corrected chi connectivity index (χ2v) is 6.17. The van der Waals surface area contributed by atoms with Gasteiger partial charge in [0.15, 0.2) is 0 Å². The van der Waals surface area contributed by atoms with Gasteiger partial charge in [-0.1, -0.05) is 0 Å². The van der Waals surface area contributed by atoms with Crippen LogP contribution in [0.2, 0.25) is 0 Å². The van der Waals surface area contributed by atoms with E-state index in [0.29, 0.717) is 39.4 Å². The van der Waals surface area contributed by atoms with Crippen molar-refractivity contribution in [3.05, 3.63) is 11.6 Å². The summed E-state index contributed by atoms with van der Waals surface area (Å²) in [5, 5.41) is 7.62. The van der Waals surface area contributed by atoms with E-state index in [1.807, 2.05) is 30.4 Å². The van der Waals surface area contributed by atoms with Crippen molar-refractivity contribution in [3.63, 3.8) is 0 Å². The Balaban J connectivity index is 1.61. The smallest absolute Gasteiger partial charge is 0.242 e. The number of rotatable bonds is 3. The van der Waals surface area contributed by atoms with E-state index >= 15 is 0 Å². The topological polar surface area (TPSA) is 81.5 Å². The lowest BCUT2D eigenvalue weighted by Crippen LogP contribution is -2.59. The summed E-state index contributed by atoms with van der Waals surface area (Å²) >= 11 is 0. The highest BCUT2D eigenvalue weighted by Crippen LogP contribution is 2.13. The van der Waals surface area contributed by atoms with Crippen LogP contribution in [0.3, 0.4) is 0 Å². The maximum atomic E-state index is 12.7. The highest BCUT2D eigenvalue weighted by molar-refractivity contribution is 5.82. The molecule has 2 aliphatic heterocycles. The molecule has 1 amide bonds. The zero-order valence-electron chi connectivity index (χ0n) is 14.0. The average molecular weight is 323 g/mol. The van der Waals surface area contributed by atoms with Crippen molar-refractivity contribution in [1.29, 1.82) is 0 Å². The molecule has 3 heterocycles. The molecule has 0 saturated carbocycles. The first-order valence-electron chi connectivity index (χ1n) is 8.18. The van der Waals surface area contributed by atoms with Crippen LogP contribution in [0.5, 0.6) is 0 Å². The van der Waals surface area contributed by atoms with Gasteiger partial charge in [0.05, 0.1) is 32.0 Å². The molecule has 1 unspecified atom stereocenters. The Morgan fingerprint density at radius 3 is 2.87 bits per heavy atom. The summed E-state index contributed by atoms with van der Waals surface area (Å²) in [7, 11) is 0. The number of hydrogen-bond acceptors (Lipinski definition) is 6. The molecule has 2 aliphatic rings. The van der Waals surface area contributed by atoms with E-state index in [4.69, 9.17) is 9.47 Å². The maximum absolute atomic E-state index is 12.7. The number of carbonyl (C=O) groups excluding carboxylic acids is 1. The molecular formula is C15H25N5O3. The predicted molar refractivity (Wildman–Crippen MR) is 83.0 cm³/mol. The summed E-state index contributed by atoms with van der Waals surface area (Å²) in [5.74, 6) is 1.71. The lowest BCUT2D eigenvalue weighted by Gasteiger charge is -2.38. The van der Waals surface area contributed by atoms with Gasteiger partial charge in [-0.05, 0) is 20.8 Å². The van der Waals surface area contributed by atoms with Crippen molar-refractivity contribution in [2.75, 3.05) is 32.8 Å². The van der Waals surface area contributed by atoms with E-state index in [9.17, 15) is 4.79 Å². The van der Waals surface area contributed by atoms with E-state index in [1.54, 1.807) is 0 Å². The summed E-state index contributed by atoms with van der Waals surface area (Å²) in [6.45, 7) is 9.46. The first kappa shape index (κ1) is 16.4. The molecule has 2 fully saturated rings. The van der Waals surface area contributed by atoms with Crippen LogP contribution in [-0.2, 0) is 20.8 Å². The summed E-state index contributed by atoms with van der Waals surface area (Å²) in [5.41, 5.74) is 0. The van der Waals surface area contributed by atoms with Gasteiger partial charge in [0, 0.05) is 19.6 Å². The maximum Gasteiger partial charge on any atom is 0.242 e. The van der Waals surface area contributed by atoms with Crippen molar-refractivity contribution in [2.24, 2.45) is 0 Å². The normalized spacial score (nSPS) is 28.8. The molecule has 0 aliphatic carbocycles. The highest BCUT2D eigenvalue weighted by Gasteiger charge is 2.34. The Labute approximate surface area is 136 Å². The Morgan fingerprint density at radius 2 is 2.17 bits per heavy atom. The molecule has 0 spiro atoms. The van der Waals surface area contributed by atoms with Gasteiger partial charge in [0.25, 0.3) is 0 Å². The van der Waals surface area contributed by atoms with Crippen LogP contribution in [0.15, 0.2) is 0 Å². The number of hydrogen-bond donors (Lipinski definition) is 1. The molecule has 1 N–H and O–H groups in total. The molecular weight excluding hydrogens is 298 g/mol. The Kier molecular flexibility index (Phi) is 4.93. The number of aromatic nitrogens is 3. The van der Waals surface area contributed by atoms with Crippen molar-refractivity contribution >= 4 is 5.91 Å².